The van der Waals surface area contributed by atoms with Crippen molar-refractivity contribution in [2.24, 2.45) is 0 Å². The lowest BCUT2D eigenvalue weighted by molar-refractivity contribution is 0.968. The molecular weight excluding hydrogens is 306 g/mol. The van der Waals surface area contributed by atoms with Gasteiger partial charge in [0.05, 0.1) is 12.2 Å². The zero-order chi connectivity index (χ0) is 16.1. The van der Waals surface area contributed by atoms with Crippen molar-refractivity contribution in [3.63, 3.8) is 0 Å². The lowest BCUT2D eigenvalue weighted by Gasteiger charge is -2.12. The number of hydrogen-bond donors (Lipinski definition) is 1. The predicted molar refractivity (Wildman–Crippen MR) is 95.0 cm³/mol. The third-order valence-electron chi connectivity index (χ3n) is 3.34. The second-order valence-electron chi connectivity index (χ2n) is 5.40. The van der Waals surface area contributed by atoms with E-state index in [-0.39, 0.29) is 0 Å². The van der Waals surface area contributed by atoms with Gasteiger partial charge in [-0.3, -0.25) is 0 Å². The van der Waals surface area contributed by atoms with Crippen molar-refractivity contribution in [1.29, 1.82) is 0 Å². The van der Waals surface area contributed by atoms with Crippen LogP contribution in [0, 0.1) is 0 Å². The Labute approximate surface area is 140 Å². The molecule has 0 spiro atoms. The number of rotatable bonds is 6. The van der Waals surface area contributed by atoms with Crippen LogP contribution in [0.5, 0.6) is 0 Å². The summed E-state index contributed by atoms with van der Waals surface area (Å²) in [6.07, 6.45) is 0.814. The van der Waals surface area contributed by atoms with Crippen LogP contribution in [0.25, 0.3) is 0 Å². The van der Waals surface area contributed by atoms with Crippen LogP contribution in [0.2, 0.25) is 0 Å². The normalized spacial score (nSPS) is 10.5. The minimum atomic E-state index is 0.641. The van der Waals surface area contributed by atoms with Gasteiger partial charge in [0.15, 0.2) is 0 Å². The van der Waals surface area contributed by atoms with Crippen molar-refractivity contribution in [1.82, 2.24) is 15.2 Å². The van der Waals surface area contributed by atoms with Crippen LogP contribution in [0.15, 0.2) is 48.5 Å². The lowest BCUT2D eigenvalue weighted by Crippen LogP contribution is -2.12. The number of nitrogens with zero attached hydrogens (tertiary/aromatic N) is 4. The van der Waals surface area contributed by atoms with Gasteiger partial charge in [0, 0.05) is 20.5 Å². The highest BCUT2D eigenvalue weighted by atomic mass is 32.1. The van der Waals surface area contributed by atoms with Crippen LogP contribution in [0.1, 0.15) is 16.3 Å². The standard InChI is InChI=1S/C17H19N5S/c1-22(2)15-10-6-9-14(19-15)12-18-17-21-20-16(23-17)11-13-7-4-3-5-8-13/h3-10H,11-12H2,1-2H3,(H,18,21). The Balaban J connectivity index is 1.60. The van der Waals surface area contributed by atoms with Crippen LogP contribution < -0.4 is 10.2 Å². The summed E-state index contributed by atoms with van der Waals surface area (Å²) in [5.74, 6) is 0.950. The van der Waals surface area contributed by atoms with Crippen molar-refractivity contribution in [2.45, 2.75) is 13.0 Å². The van der Waals surface area contributed by atoms with Gasteiger partial charge in [0.2, 0.25) is 5.13 Å². The molecule has 1 aromatic carbocycles. The zero-order valence-electron chi connectivity index (χ0n) is 13.2. The van der Waals surface area contributed by atoms with Crippen LogP contribution in [-0.2, 0) is 13.0 Å². The number of benzene rings is 1. The van der Waals surface area contributed by atoms with Crippen molar-refractivity contribution < 1.29 is 0 Å². The summed E-state index contributed by atoms with van der Waals surface area (Å²) in [4.78, 5) is 6.57. The van der Waals surface area contributed by atoms with Crippen LogP contribution in [0.4, 0.5) is 10.9 Å². The Morgan fingerprint density at radius 2 is 1.83 bits per heavy atom. The van der Waals surface area contributed by atoms with Crippen molar-refractivity contribution in [3.8, 4) is 0 Å². The summed E-state index contributed by atoms with van der Waals surface area (Å²) in [6.45, 7) is 0.641. The quantitative estimate of drug-likeness (QED) is 0.754. The molecule has 118 valence electrons. The summed E-state index contributed by atoms with van der Waals surface area (Å²) in [7, 11) is 3.97. The molecule has 0 aliphatic rings. The van der Waals surface area contributed by atoms with E-state index in [2.05, 4.69) is 32.6 Å². The molecule has 0 unspecified atom stereocenters. The molecule has 2 aromatic heterocycles. The average molecular weight is 325 g/mol. The van der Waals surface area contributed by atoms with Gasteiger partial charge in [-0.1, -0.05) is 47.7 Å². The molecule has 0 amide bonds. The minimum absolute atomic E-state index is 0.641. The minimum Gasteiger partial charge on any atom is -0.363 e. The fraction of sp³-hybridized carbons (Fsp3) is 0.235. The molecule has 0 bridgehead atoms. The molecular formula is C17H19N5S. The summed E-state index contributed by atoms with van der Waals surface area (Å²) < 4.78 is 0. The molecule has 23 heavy (non-hydrogen) atoms. The topological polar surface area (TPSA) is 53.9 Å². The first-order chi connectivity index (χ1) is 11.2. The smallest absolute Gasteiger partial charge is 0.206 e. The van der Waals surface area contributed by atoms with Crippen molar-refractivity contribution >= 4 is 22.3 Å². The molecule has 0 aliphatic heterocycles. The van der Waals surface area contributed by atoms with E-state index in [1.54, 1.807) is 11.3 Å². The van der Waals surface area contributed by atoms with E-state index in [0.717, 1.165) is 28.1 Å². The molecule has 0 radical (unpaired) electrons. The van der Waals surface area contributed by atoms with Crippen molar-refractivity contribution in [2.75, 3.05) is 24.3 Å². The Kier molecular flexibility index (Phi) is 4.83. The Bertz CT molecular complexity index is 754. The zero-order valence-corrected chi connectivity index (χ0v) is 14.0. The van der Waals surface area contributed by atoms with E-state index in [9.17, 15) is 0 Å². The van der Waals surface area contributed by atoms with E-state index in [4.69, 9.17) is 0 Å². The number of pyridine rings is 1. The monoisotopic (exact) mass is 325 g/mol. The lowest BCUT2D eigenvalue weighted by atomic mass is 10.2. The molecule has 0 saturated carbocycles. The van der Waals surface area contributed by atoms with Gasteiger partial charge in [-0.05, 0) is 17.7 Å². The Hall–Kier alpha value is -2.47. The van der Waals surface area contributed by atoms with Crippen LogP contribution >= 0.6 is 11.3 Å². The van der Waals surface area contributed by atoms with E-state index in [0.29, 0.717) is 6.54 Å². The molecule has 3 rings (SSSR count). The fourth-order valence-corrected chi connectivity index (χ4v) is 2.92. The molecule has 0 atom stereocenters. The summed E-state index contributed by atoms with van der Waals surface area (Å²) in [5.41, 5.74) is 2.23. The maximum Gasteiger partial charge on any atom is 0.206 e. The van der Waals surface area contributed by atoms with Crippen LogP contribution in [0.3, 0.4) is 0 Å². The molecule has 0 fully saturated rings. The highest BCUT2D eigenvalue weighted by Gasteiger charge is 2.06. The molecule has 0 saturated heterocycles. The molecule has 6 heteroatoms. The predicted octanol–water partition coefficient (Wildman–Crippen LogP) is 3.20. The summed E-state index contributed by atoms with van der Waals surface area (Å²) >= 11 is 1.59. The second-order valence-corrected chi connectivity index (χ2v) is 6.46. The first-order valence-electron chi connectivity index (χ1n) is 7.44. The maximum absolute atomic E-state index is 4.58. The first kappa shape index (κ1) is 15.4. The number of aromatic nitrogens is 3. The van der Waals surface area contributed by atoms with Gasteiger partial charge < -0.3 is 10.2 Å². The third kappa shape index (κ3) is 4.26. The largest absolute Gasteiger partial charge is 0.363 e. The summed E-state index contributed by atoms with van der Waals surface area (Å²) in [5, 5.41) is 13.6. The van der Waals surface area contributed by atoms with E-state index < -0.39 is 0 Å². The fourth-order valence-electron chi connectivity index (χ4n) is 2.15. The van der Waals surface area contributed by atoms with Gasteiger partial charge in [-0.2, -0.15) is 0 Å². The third-order valence-corrected chi connectivity index (χ3v) is 4.22. The van der Waals surface area contributed by atoms with Gasteiger partial charge in [0.1, 0.15) is 10.8 Å². The van der Waals surface area contributed by atoms with Gasteiger partial charge in [0.25, 0.3) is 0 Å². The van der Waals surface area contributed by atoms with Gasteiger partial charge in [-0.15, -0.1) is 10.2 Å². The molecule has 2 heterocycles. The summed E-state index contributed by atoms with van der Waals surface area (Å²) in [6, 6.07) is 16.3. The number of anilines is 2. The van der Waals surface area contributed by atoms with E-state index >= 15 is 0 Å². The van der Waals surface area contributed by atoms with Gasteiger partial charge in [-0.25, -0.2) is 4.98 Å². The van der Waals surface area contributed by atoms with E-state index in [1.165, 1.54) is 5.56 Å². The average Bonchev–Trinajstić information content (AvgIpc) is 3.01. The highest BCUT2D eigenvalue weighted by Crippen LogP contribution is 2.19. The van der Waals surface area contributed by atoms with Crippen molar-refractivity contribution in [3.05, 3.63) is 64.8 Å². The SMILES string of the molecule is CN(C)c1cccc(CNc2nnc(Cc3ccccc3)s2)n1. The molecule has 0 aliphatic carbocycles. The Morgan fingerprint density at radius 1 is 1.00 bits per heavy atom. The number of nitrogens with one attached hydrogen (secondary N) is 1. The maximum atomic E-state index is 4.58. The van der Waals surface area contributed by atoms with Crippen LogP contribution in [-0.4, -0.2) is 29.3 Å². The first-order valence-corrected chi connectivity index (χ1v) is 8.26. The van der Waals surface area contributed by atoms with E-state index in [1.807, 2.05) is 55.4 Å². The Morgan fingerprint density at radius 3 is 2.61 bits per heavy atom. The molecule has 3 aromatic rings. The van der Waals surface area contributed by atoms with Gasteiger partial charge >= 0.3 is 0 Å². The number of hydrogen-bond acceptors (Lipinski definition) is 6. The second kappa shape index (κ2) is 7.19. The molecule has 1 N–H and O–H groups in total. The highest BCUT2D eigenvalue weighted by molar-refractivity contribution is 7.15. The molecule has 5 nitrogen and oxygen atoms in total.